The van der Waals surface area contributed by atoms with E-state index in [0.717, 1.165) is 62.6 Å². The molecule has 162 valence electrons. The minimum Gasteiger partial charge on any atom is -0.372 e. The van der Waals surface area contributed by atoms with Gasteiger partial charge in [0, 0.05) is 51.1 Å². The van der Waals surface area contributed by atoms with Crippen LogP contribution in [0.3, 0.4) is 0 Å². The van der Waals surface area contributed by atoms with Gasteiger partial charge >= 0.3 is 0 Å². The molecule has 1 atom stereocenters. The van der Waals surface area contributed by atoms with Crippen molar-refractivity contribution in [2.45, 2.75) is 45.8 Å². The molecule has 4 rings (SSSR count). The molecule has 0 spiro atoms. The molecule has 4 heterocycles. The van der Waals surface area contributed by atoms with Crippen LogP contribution >= 0.6 is 0 Å². The van der Waals surface area contributed by atoms with Crippen LogP contribution in [0.5, 0.6) is 0 Å². The van der Waals surface area contributed by atoms with Crippen LogP contribution in [-0.4, -0.2) is 71.3 Å². The topological polar surface area (TPSA) is 96.6 Å². The van der Waals surface area contributed by atoms with Crippen LogP contribution in [0, 0.1) is 6.92 Å². The molecule has 2 aliphatic rings. The maximum absolute atomic E-state index is 12.0. The van der Waals surface area contributed by atoms with Crippen LogP contribution in [-0.2, 0) is 9.53 Å². The smallest absolute Gasteiger partial charge is 0.234 e. The summed E-state index contributed by atoms with van der Waals surface area (Å²) in [5.74, 6) is 1.44. The highest BCUT2D eigenvalue weighted by atomic mass is 16.5. The molecule has 2 aromatic heterocycles. The van der Waals surface area contributed by atoms with Crippen molar-refractivity contribution < 1.29 is 14.1 Å². The Morgan fingerprint density at radius 2 is 2.10 bits per heavy atom. The summed E-state index contributed by atoms with van der Waals surface area (Å²) in [6.45, 7) is 10.2. The molecule has 2 saturated heterocycles. The number of aryl methyl sites for hydroxylation is 1. The summed E-state index contributed by atoms with van der Waals surface area (Å²) in [5.41, 5.74) is 2.53. The zero-order valence-corrected chi connectivity index (χ0v) is 17.9. The van der Waals surface area contributed by atoms with Crippen molar-refractivity contribution in [3.63, 3.8) is 0 Å². The van der Waals surface area contributed by atoms with Gasteiger partial charge in [0.25, 0.3) is 0 Å². The lowest BCUT2D eigenvalue weighted by molar-refractivity contribution is -0.122. The minimum atomic E-state index is -0.0480. The summed E-state index contributed by atoms with van der Waals surface area (Å²) in [6, 6.07) is 2.06. The maximum atomic E-state index is 12.0. The molecule has 0 aliphatic carbocycles. The molecule has 0 radical (unpaired) electrons. The average Bonchev–Trinajstić information content (AvgIpc) is 3.39. The van der Waals surface area contributed by atoms with Crippen molar-refractivity contribution in [1.82, 2.24) is 25.3 Å². The highest BCUT2D eigenvalue weighted by Crippen LogP contribution is 2.35. The Morgan fingerprint density at radius 1 is 1.30 bits per heavy atom. The third kappa shape index (κ3) is 4.79. The summed E-state index contributed by atoms with van der Waals surface area (Å²) < 4.78 is 11.4. The van der Waals surface area contributed by atoms with Gasteiger partial charge in [-0.3, -0.25) is 9.69 Å². The van der Waals surface area contributed by atoms with Crippen molar-refractivity contribution in [3.05, 3.63) is 23.7 Å². The molecule has 0 saturated carbocycles. The molecule has 9 heteroatoms. The number of carbonyl (C=O) groups excluding carboxylic acids is 1. The number of amides is 1. The number of aromatic nitrogens is 3. The summed E-state index contributed by atoms with van der Waals surface area (Å²) >= 11 is 0. The number of nitrogens with zero attached hydrogens (tertiary/aromatic N) is 5. The average molecular weight is 415 g/mol. The largest absolute Gasteiger partial charge is 0.372 e. The molecule has 0 bridgehead atoms. The Hall–Kier alpha value is -2.52. The van der Waals surface area contributed by atoms with Crippen LogP contribution in [0.4, 0.5) is 5.95 Å². The molecule has 2 aliphatic heterocycles. The second-order valence-electron chi connectivity index (χ2n) is 8.29. The van der Waals surface area contributed by atoms with Crippen LogP contribution < -0.4 is 10.2 Å². The van der Waals surface area contributed by atoms with Gasteiger partial charge < -0.3 is 19.5 Å². The Labute approximate surface area is 176 Å². The summed E-state index contributed by atoms with van der Waals surface area (Å²) in [4.78, 5) is 25.9. The predicted molar refractivity (Wildman–Crippen MR) is 112 cm³/mol. The normalized spacial score (nSPS) is 20.1. The number of hydrogen-bond donors (Lipinski definition) is 1. The van der Waals surface area contributed by atoms with E-state index < -0.39 is 0 Å². The van der Waals surface area contributed by atoms with E-state index >= 15 is 0 Å². The van der Waals surface area contributed by atoms with E-state index in [0.29, 0.717) is 18.3 Å². The van der Waals surface area contributed by atoms with Gasteiger partial charge in [-0.15, -0.1) is 0 Å². The fourth-order valence-electron chi connectivity index (χ4n) is 3.93. The first-order valence-corrected chi connectivity index (χ1v) is 10.7. The quantitative estimate of drug-likeness (QED) is 0.766. The van der Waals surface area contributed by atoms with Gasteiger partial charge in [0.2, 0.25) is 11.9 Å². The van der Waals surface area contributed by atoms with E-state index in [1.54, 1.807) is 0 Å². The van der Waals surface area contributed by atoms with Gasteiger partial charge in [0.1, 0.15) is 6.10 Å². The Balaban J connectivity index is 1.47. The molecule has 1 amide bonds. The summed E-state index contributed by atoms with van der Waals surface area (Å²) in [5, 5.41) is 6.95. The molecule has 0 aromatic carbocycles. The predicted octanol–water partition coefficient (Wildman–Crippen LogP) is 1.94. The van der Waals surface area contributed by atoms with Gasteiger partial charge in [-0.2, -0.15) is 0 Å². The first-order chi connectivity index (χ1) is 14.5. The van der Waals surface area contributed by atoms with Gasteiger partial charge in [-0.05, 0) is 33.6 Å². The van der Waals surface area contributed by atoms with E-state index in [1.165, 1.54) is 0 Å². The molecule has 2 fully saturated rings. The molecule has 30 heavy (non-hydrogen) atoms. The van der Waals surface area contributed by atoms with Crippen LogP contribution in [0.1, 0.15) is 44.2 Å². The fraction of sp³-hybridized carbons (Fsp3) is 0.619. The number of hydrogen-bond acceptors (Lipinski definition) is 8. The maximum Gasteiger partial charge on any atom is 0.234 e. The van der Waals surface area contributed by atoms with Crippen molar-refractivity contribution >= 4 is 11.9 Å². The van der Waals surface area contributed by atoms with Crippen LogP contribution in [0.2, 0.25) is 0 Å². The molecule has 2 aromatic rings. The second kappa shape index (κ2) is 9.09. The summed E-state index contributed by atoms with van der Waals surface area (Å²) in [6.07, 6.45) is 3.74. The number of nitrogens with one attached hydrogen (secondary N) is 1. The first-order valence-electron chi connectivity index (χ1n) is 10.7. The van der Waals surface area contributed by atoms with Gasteiger partial charge in [0.15, 0.2) is 5.76 Å². The van der Waals surface area contributed by atoms with Gasteiger partial charge in [0.05, 0.1) is 23.5 Å². The number of piperazine rings is 1. The lowest BCUT2D eigenvalue weighted by Crippen LogP contribution is -2.50. The highest BCUT2D eigenvalue weighted by Gasteiger charge is 2.27. The SMILES string of the molecule is Cc1cc(-c2cnc(N3CCN(CC(=O)NC(C)C)CC3)nc2[C@@H]2CCCO2)on1. The fourth-order valence-corrected chi connectivity index (χ4v) is 3.93. The molecular formula is C21H30N6O3. The van der Waals surface area contributed by atoms with E-state index in [2.05, 4.69) is 25.3 Å². The molecule has 9 nitrogen and oxygen atoms in total. The second-order valence-corrected chi connectivity index (χ2v) is 8.29. The van der Waals surface area contributed by atoms with Crippen molar-refractivity contribution in [2.75, 3.05) is 44.2 Å². The van der Waals surface area contributed by atoms with E-state index in [9.17, 15) is 4.79 Å². The Morgan fingerprint density at radius 3 is 2.73 bits per heavy atom. The minimum absolute atomic E-state index is 0.0480. The van der Waals surface area contributed by atoms with E-state index in [1.807, 2.05) is 33.0 Å². The number of carbonyl (C=O) groups is 1. The Kier molecular flexibility index (Phi) is 6.29. The molecular weight excluding hydrogens is 384 g/mol. The molecule has 0 unspecified atom stereocenters. The third-order valence-electron chi connectivity index (χ3n) is 5.41. The number of rotatable bonds is 6. The number of ether oxygens (including phenoxy) is 1. The van der Waals surface area contributed by atoms with Gasteiger partial charge in [-0.1, -0.05) is 5.16 Å². The van der Waals surface area contributed by atoms with Crippen molar-refractivity contribution in [2.24, 2.45) is 0 Å². The van der Waals surface area contributed by atoms with Gasteiger partial charge in [-0.25, -0.2) is 9.97 Å². The monoisotopic (exact) mass is 414 g/mol. The van der Waals surface area contributed by atoms with E-state index in [-0.39, 0.29) is 18.1 Å². The van der Waals surface area contributed by atoms with Crippen LogP contribution in [0.15, 0.2) is 16.8 Å². The van der Waals surface area contributed by atoms with E-state index in [4.69, 9.17) is 14.2 Å². The lowest BCUT2D eigenvalue weighted by atomic mass is 10.1. The molecule has 1 N–H and O–H groups in total. The zero-order chi connectivity index (χ0) is 21.1. The standard InChI is InChI=1S/C21H30N6O3/c1-14(2)23-19(28)13-26-6-8-27(9-7-26)21-22-12-16(18-11-15(3)25-30-18)20(24-21)17-5-4-10-29-17/h11-12,14,17H,4-10,13H2,1-3H3,(H,23,28)/t17-/m0/s1. The summed E-state index contributed by atoms with van der Waals surface area (Å²) in [7, 11) is 0. The highest BCUT2D eigenvalue weighted by molar-refractivity contribution is 5.78. The van der Waals surface area contributed by atoms with Crippen molar-refractivity contribution in [3.8, 4) is 11.3 Å². The van der Waals surface area contributed by atoms with Crippen LogP contribution in [0.25, 0.3) is 11.3 Å². The Bertz CT molecular complexity index is 869. The first kappa shape index (κ1) is 20.7. The number of anilines is 1. The zero-order valence-electron chi connectivity index (χ0n) is 17.9. The third-order valence-corrected chi connectivity index (χ3v) is 5.41. The van der Waals surface area contributed by atoms with Crippen molar-refractivity contribution in [1.29, 1.82) is 0 Å². The lowest BCUT2D eigenvalue weighted by Gasteiger charge is -2.34.